The van der Waals surface area contributed by atoms with E-state index in [0.29, 0.717) is 0 Å². The van der Waals surface area contributed by atoms with Gasteiger partial charge in [0, 0.05) is 18.3 Å². The Morgan fingerprint density at radius 1 is 1.29 bits per heavy atom. The molecule has 0 fully saturated rings. The molecule has 0 amide bonds. The molecule has 1 aromatic heterocycles. The summed E-state index contributed by atoms with van der Waals surface area (Å²) in [5.41, 5.74) is 1.04. The molecule has 0 unspecified atom stereocenters. The molecule has 4 nitrogen and oxygen atoms in total. The lowest BCUT2D eigenvalue weighted by atomic mass is 10.3. The summed E-state index contributed by atoms with van der Waals surface area (Å²) in [6.07, 6.45) is 5.34. The van der Waals surface area contributed by atoms with Crippen LogP contribution in [0.3, 0.4) is 0 Å². The highest BCUT2D eigenvalue weighted by molar-refractivity contribution is 5.23. The van der Waals surface area contributed by atoms with Gasteiger partial charge in [-0.05, 0) is 19.9 Å². The predicted octanol–water partition coefficient (Wildman–Crippen LogP) is 2.46. The fourth-order valence-corrected chi connectivity index (χ4v) is 1.50. The van der Waals surface area contributed by atoms with Crippen LogP contribution >= 0.6 is 0 Å². The van der Waals surface area contributed by atoms with Gasteiger partial charge in [-0.3, -0.25) is 0 Å². The summed E-state index contributed by atoms with van der Waals surface area (Å²) in [4.78, 5) is 8.56. The van der Waals surface area contributed by atoms with Gasteiger partial charge in [-0.25, -0.2) is 4.98 Å². The Balaban J connectivity index is 2.56. The van der Waals surface area contributed by atoms with Crippen molar-refractivity contribution in [3.05, 3.63) is 17.6 Å². The minimum Gasteiger partial charge on any atom is -0.477 e. The molecular formula is C13H23N3O. The summed E-state index contributed by atoms with van der Waals surface area (Å²) >= 11 is 0. The lowest BCUT2D eigenvalue weighted by Crippen LogP contribution is -2.14. The second kappa shape index (κ2) is 8.01. The van der Waals surface area contributed by atoms with Crippen molar-refractivity contribution in [2.45, 2.75) is 46.6 Å². The van der Waals surface area contributed by atoms with Crippen molar-refractivity contribution in [1.29, 1.82) is 0 Å². The first-order valence-corrected chi connectivity index (χ1v) is 6.44. The number of unbranched alkanes of at least 4 members (excludes halogenated alkanes) is 2. The average Bonchev–Trinajstić information content (AvgIpc) is 2.33. The monoisotopic (exact) mass is 237 g/mol. The molecule has 0 aromatic carbocycles. The van der Waals surface area contributed by atoms with Gasteiger partial charge in [0.25, 0.3) is 0 Å². The Labute approximate surface area is 104 Å². The van der Waals surface area contributed by atoms with E-state index in [-0.39, 0.29) is 0 Å². The van der Waals surface area contributed by atoms with Gasteiger partial charge in [0.15, 0.2) is 0 Å². The molecule has 0 radical (unpaired) electrons. The number of rotatable bonds is 8. The van der Waals surface area contributed by atoms with Crippen molar-refractivity contribution in [3.63, 3.8) is 0 Å². The van der Waals surface area contributed by atoms with E-state index in [9.17, 15) is 0 Å². The first-order chi connectivity index (χ1) is 8.27. The summed E-state index contributed by atoms with van der Waals surface area (Å²) in [6.45, 7) is 8.59. The number of nitrogens with zero attached hydrogens (tertiary/aromatic N) is 2. The number of hydrogen-bond acceptors (Lipinski definition) is 4. The highest BCUT2D eigenvalue weighted by Crippen LogP contribution is 2.14. The molecule has 0 aliphatic rings. The quantitative estimate of drug-likeness (QED) is 0.706. The van der Waals surface area contributed by atoms with E-state index < -0.39 is 0 Å². The van der Waals surface area contributed by atoms with E-state index in [1.807, 2.05) is 13.1 Å². The van der Waals surface area contributed by atoms with Gasteiger partial charge in [0.1, 0.15) is 5.82 Å². The van der Waals surface area contributed by atoms with E-state index >= 15 is 0 Å². The van der Waals surface area contributed by atoms with E-state index in [1.165, 1.54) is 12.8 Å². The van der Waals surface area contributed by atoms with Gasteiger partial charge >= 0.3 is 0 Å². The van der Waals surface area contributed by atoms with Gasteiger partial charge in [0.05, 0.1) is 6.61 Å². The van der Waals surface area contributed by atoms with Gasteiger partial charge in [-0.2, -0.15) is 4.98 Å². The highest BCUT2D eigenvalue weighted by Gasteiger charge is 2.06. The summed E-state index contributed by atoms with van der Waals surface area (Å²) < 4.78 is 5.73. The molecule has 1 heterocycles. The van der Waals surface area contributed by atoms with Crippen LogP contribution in [0.5, 0.6) is 5.88 Å². The van der Waals surface area contributed by atoms with Crippen molar-refractivity contribution in [2.24, 2.45) is 0 Å². The average molecular weight is 237 g/mol. The zero-order chi connectivity index (χ0) is 12.5. The molecule has 0 bridgehead atoms. The highest BCUT2D eigenvalue weighted by atomic mass is 16.5. The molecule has 0 aliphatic heterocycles. The molecule has 0 aliphatic carbocycles. The van der Waals surface area contributed by atoms with Gasteiger partial charge in [-0.1, -0.05) is 26.7 Å². The third kappa shape index (κ3) is 5.13. The van der Waals surface area contributed by atoms with Crippen LogP contribution in [0, 0.1) is 6.92 Å². The topological polar surface area (TPSA) is 47.0 Å². The maximum absolute atomic E-state index is 5.73. The van der Waals surface area contributed by atoms with E-state index in [1.54, 1.807) is 0 Å². The maximum atomic E-state index is 5.73. The molecule has 1 rings (SSSR count). The predicted molar refractivity (Wildman–Crippen MR) is 69.2 cm³/mol. The summed E-state index contributed by atoms with van der Waals surface area (Å²) in [6, 6.07) is 0. The fourth-order valence-electron chi connectivity index (χ4n) is 1.50. The van der Waals surface area contributed by atoms with Crippen LogP contribution in [0.2, 0.25) is 0 Å². The lowest BCUT2D eigenvalue weighted by molar-refractivity contribution is 0.289. The van der Waals surface area contributed by atoms with Gasteiger partial charge in [0.2, 0.25) is 5.88 Å². The number of aromatic nitrogens is 2. The Kier molecular flexibility index (Phi) is 6.55. The first kappa shape index (κ1) is 13.9. The summed E-state index contributed by atoms with van der Waals surface area (Å²) in [5.74, 6) is 1.49. The second-order valence-electron chi connectivity index (χ2n) is 4.08. The van der Waals surface area contributed by atoms with E-state index in [0.717, 1.165) is 43.4 Å². The molecule has 4 heteroatoms. The van der Waals surface area contributed by atoms with Crippen LogP contribution in [0.15, 0.2) is 6.20 Å². The summed E-state index contributed by atoms with van der Waals surface area (Å²) in [7, 11) is 0. The zero-order valence-corrected chi connectivity index (χ0v) is 11.1. The molecule has 0 atom stereocenters. The zero-order valence-electron chi connectivity index (χ0n) is 11.1. The largest absolute Gasteiger partial charge is 0.477 e. The van der Waals surface area contributed by atoms with Gasteiger partial charge < -0.3 is 10.1 Å². The van der Waals surface area contributed by atoms with Crippen LogP contribution in [-0.2, 0) is 6.54 Å². The van der Waals surface area contributed by atoms with Crippen LogP contribution in [0.4, 0.5) is 0 Å². The normalized spacial score (nSPS) is 10.5. The molecule has 0 saturated heterocycles. The number of aryl methyl sites for hydroxylation is 1. The van der Waals surface area contributed by atoms with Crippen LogP contribution in [-0.4, -0.2) is 23.1 Å². The Bertz CT molecular complexity index is 328. The van der Waals surface area contributed by atoms with Crippen molar-refractivity contribution < 1.29 is 4.74 Å². The fraction of sp³-hybridized carbons (Fsp3) is 0.692. The van der Waals surface area contributed by atoms with Crippen molar-refractivity contribution in [3.8, 4) is 5.88 Å². The van der Waals surface area contributed by atoms with Gasteiger partial charge in [-0.15, -0.1) is 0 Å². The number of hydrogen-bond donors (Lipinski definition) is 1. The molecule has 17 heavy (non-hydrogen) atoms. The SMILES string of the molecule is CCCCCOc1nc(C)ncc1CNCC. The molecule has 0 spiro atoms. The number of ether oxygens (including phenoxy) is 1. The molecule has 0 saturated carbocycles. The van der Waals surface area contributed by atoms with Crippen molar-refractivity contribution in [2.75, 3.05) is 13.2 Å². The van der Waals surface area contributed by atoms with Crippen molar-refractivity contribution >= 4 is 0 Å². The Hall–Kier alpha value is -1.16. The third-order valence-electron chi connectivity index (χ3n) is 2.50. The molecular weight excluding hydrogens is 214 g/mol. The molecule has 1 N–H and O–H groups in total. The van der Waals surface area contributed by atoms with E-state index in [2.05, 4.69) is 29.1 Å². The smallest absolute Gasteiger partial charge is 0.221 e. The Morgan fingerprint density at radius 3 is 2.82 bits per heavy atom. The molecule has 1 aromatic rings. The van der Waals surface area contributed by atoms with E-state index in [4.69, 9.17) is 4.74 Å². The van der Waals surface area contributed by atoms with Crippen LogP contribution in [0.1, 0.15) is 44.5 Å². The third-order valence-corrected chi connectivity index (χ3v) is 2.50. The van der Waals surface area contributed by atoms with Crippen LogP contribution < -0.4 is 10.1 Å². The minimum atomic E-state index is 0.731. The maximum Gasteiger partial charge on any atom is 0.221 e. The minimum absolute atomic E-state index is 0.731. The van der Waals surface area contributed by atoms with Crippen LogP contribution in [0.25, 0.3) is 0 Å². The lowest BCUT2D eigenvalue weighted by Gasteiger charge is -2.10. The Morgan fingerprint density at radius 2 is 2.12 bits per heavy atom. The first-order valence-electron chi connectivity index (χ1n) is 6.44. The standard InChI is InChI=1S/C13H23N3O/c1-4-6-7-8-17-13-12(9-14-5-2)10-15-11(3)16-13/h10,14H,4-9H2,1-3H3. The summed E-state index contributed by atoms with van der Waals surface area (Å²) in [5, 5.41) is 3.27. The molecule has 96 valence electrons. The number of nitrogens with one attached hydrogen (secondary N) is 1. The van der Waals surface area contributed by atoms with Crippen molar-refractivity contribution in [1.82, 2.24) is 15.3 Å². The second-order valence-corrected chi connectivity index (χ2v) is 4.08.